The first-order valence-electron chi connectivity index (χ1n) is 17.5. The number of nitrogens with zero attached hydrogens (tertiary/aromatic N) is 1. The molecule has 0 atom stereocenters. The van der Waals surface area contributed by atoms with E-state index in [-0.39, 0.29) is 27.8 Å². The highest BCUT2D eigenvalue weighted by Crippen LogP contribution is 2.53. The number of carbonyl (C=O) groups is 2. The SMILES string of the molecule is CC1(C)CCc2cc3c4cc(-c5cccc6c5C(C)(C)c5ccccc5-6)cc5c6cc7c(cc6n(c3cc2C1=O)c45)C(=O)C(C)(C)CC7. The summed E-state index contributed by atoms with van der Waals surface area (Å²) in [4.78, 5) is 27.6. The van der Waals surface area contributed by atoms with Crippen LogP contribution in [0.25, 0.3) is 60.3 Å². The van der Waals surface area contributed by atoms with Crippen LogP contribution in [-0.2, 0) is 18.3 Å². The molecule has 10 rings (SSSR count). The van der Waals surface area contributed by atoms with Crippen LogP contribution in [0.15, 0.2) is 78.9 Å². The second-order valence-corrected chi connectivity index (χ2v) is 16.6. The highest BCUT2D eigenvalue weighted by molar-refractivity contribution is 6.26. The summed E-state index contributed by atoms with van der Waals surface area (Å²) in [5.74, 6) is 0.457. The fourth-order valence-corrected chi connectivity index (χ4v) is 9.66. The first-order chi connectivity index (χ1) is 22.9. The molecular weight excluding hydrogens is 587 g/mol. The van der Waals surface area contributed by atoms with Gasteiger partial charge in [0.2, 0.25) is 0 Å². The third kappa shape index (κ3) is 3.40. The Hall–Kier alpha value is -4.76. The zero-order valence-electron chi connectivity index (χ0n) is 28.6. The van der Waals surface area contributed by atoms with Crippen LogP contribution in [-0.4, -0.2) is 16.0 Å². The number of carbonyl (C=O) groups excluding carboxylic acids is 2. The van der Waals surface area contributed by atoms with Crippen molar-refractivity contribution >= 4 is 49.7 Å². The Labute approximate surface area is 280 Å². The number of hydrogen-bond acceptors (Lipinski definition) is 2. The first kappa shape index (κ1) is 28.3. The number of hydrogen-bond donors (Lipinski definition) is 0. The Kier molecular flexibility index (Phi) is 5.20. The lowest BCUT2D eigenvalue weighted by Gasteiger charge is -2.30. The van der Waals surface area contributed by atoms with Crippen molar-refractivity contribution in [2.75, 3.05) is 0 Å². The second kappa shape index (κ2) is 8.82. The van der Waals surface area contributed by atoms with Crippen molar-refractivity contribution in [2.45, 2.75) is 72.6 Å². The molecule has 5 aromatic carbocycles. The molecular formula is C45H39NO2. The van der Waals surface area contributed by atoms with Gasteiger partial charge in [-0.1, -0.05) is 84.0 Å². The molecule has 0 aliphatic heterocycles. The highest BCUT2D eigenvalue weighted by Gasteiger charge is 2.39. The maximum Gasteiger partial charge on any atom is 0.168 e. The molecule has 0 amide bonds. The minimum absolute atomic E-state index is 0.137. The molecule has 236 valence electrons. The fraction of sp³-hybridized carbons (Fsp3) is 0.289. The van der Waals surface area contributed by atoms with Crippen molar-refractivity contribution in [2.24, 2.45) is 10.8 Å². The fourth-order valence-electron chi connectivity index (χ4n) is 9.66. The van der Waals surface area contributed by atoms with E-state index in [0.717, 1.165) is 59.0 Å². The number of aromatic nitrogens is 1. The summed E-state index contributed by atoms with van der Waals surface area (Å²) in [6, 6.07) is 29.4. The number of Topliss-reactive ketones (excluding diaryl/α,β-unsaturated/α-hetero) is 2. The van der Waals surface area contributed by atoms with Crippen LogP contribution >= 0.6 is 0 Å². The lowest BCUT2D eigenvalue weighted by atomic mass is 9.73. The van der Waals surface area contributed by atoms with Gasteiger partial charge in [0.25, 0.3) is 0 Å². The summed E-state index contributed by atoms with van der Waals surface area (Å²) in [5, 5.41) is 4.79. The predicted molar refractivity (Wildman–Crippen MR) is 197 cm³/mol. The molecule has 7 aromatic rings. The Balaban J connectivity index is 1.34. The van der Waals surface area contributed by atoms with Crippen LogP contribution < -0.4 is 0 Å². The van der Waals surface area contributed by atoms with Crippen molar-refractivity contribution in [3.8, 4) is 22.3 Å². The maximum atomic E-state index is 13.8. The molecule has 0 saturated heterocycles. The molecule has 3 heteroatoms. The van der Waals surface area contributed by atoms with Crippen molar-refractivity contribution < 1.29 is 9.59 Å². The Bertz CT molecular complexity index is 2500. The molecule has 0 unspecified atom stereocenters. The van der Waals surface area contributed by atoms with E-state index in [2.05, 4.69) is 125 Å². The zero-order valence-corrected chi connectivity index (χ0v) is 28.6. The van der Waals surface area contributed by atoms with Crippen LogP contribution in [0.5, 0.6) is 0 Å². The van der Waals surface area contributed by atoms with E-state index in [4.69, 9.17) is 0 Å². The standard InChI is InChI=1S/C45H39NO2/c1-43(2)16-14-24-18-32-34-20-26(27-11-9-12-29-28-10-7-8-13-36(28)45(5,6)39(27)29)21-35-33-19-25-15-17-44(3,4)42(48)31(25)23-38(33)46(40(34)35)37(32)22-30(24)41(43)47/h7-13,18-23H,14-17H2,1-6H3. The second-order valence-electron chi connectivity index (χ2n) is 16.6. The third-order valence-corrected chi connectivity index (χ3v) is 12.5. The highest BCUT2D eigenvalue weighted by atomic mass is 16.1. The number of fused-ring (bicyclic) bond motifs is 11. The maximum absolute atomic E-state index is 13.8. The Morgan fingerprint density at radius 2 is 1.06 bits per heavy atom. The zero-order chi connectivity index (χ0) is 33.1. The summed E-state index contributed by atoms with van der Waals surface area (Å²) < 4.78 is 2.36. The molecule has 2 aromatic heterocycles. The van der Waals surface area contributed by atoms with Gasteiger partial charge in [0, 0.05) is 48.9 Å². The third-order valence-electron chi connectivity index (χ3n) is 12.5. The Morgan fingerprint density at radius 3 is 1.65 bits per heavy atom. The average Bonchev–Trinajstić information content (AvgIpc) is 3.65. The van der Waals surface area contributed by atoms with Crippen LogP contribution in [0, 0.1) is 10.8 Å². The monoisotopic (exact) mass is 625 g/mol. The molecule has 0 bridgehead atoms. The molecule has 48 heavy (non-hydrogen) atoms. The average molecular weight is 626 g/mol. The lowest BCUT2D eigenvalue weighted by Crippen LogP contribution is -2.30. The normalized spacial score (nSPS) is 18.9. The number of rotatable bonds is 1. The summed E-state index contributed by atoms with van der Waals surface area (Å²) >= 11 is 0. The molecule has 3 nitrogen and oxygen atoms in total. The molecule has 0 fully saturated rings. The van der Waals surface area contributed by atoms with Gasteiger partial charge in [-0.2, -0.15) is 0 Å². The number of aryl methyl sites for hydroxylation is 2. The van der Waals surface area contributed by atoms with Gasteiger partial charge >= 0.3 is 0 Å². The van der Waals surface area contributed by atoms with E-state index in [1.54, 1.807) is 0 Å². The topological polar surface area (TPSA) is 38.5 Å². The molecule has 3 aliphatic rings. The van der Waals surface area contributed by atoms with Gasteiger partial charge in [0.15, 0.2) is 11.6 Å². The molecule has 3 aliphatic carbocycles. The van der Waals surface area contributed by atoms with Gasteiger partial charge in [0.1, 0.15) is 0 Å². The summed E-state index contributed by atoms with van der Waals surface area (Å²) in [6.45, 7) is 13.0. The first-order valence-corrected chi connectivity index (χ1v) is 17.5. The van der Waals surface area contributed by atoms with Crippen LogP contribution in [0.3, 0.4) is 0 Å². The van der Waals surface area contributed by atoms with E-state index in [0.29, 0.717) is 0 Å². The van der Waals surface area contributed by atoms with Crippen molar-refractivity contribution in [3.05, 3.63) is 112 Å². The minimum Gasteiger partial charge on any atom is -0.308 e. The predicted octanol–water partition coefficient (Wildman–Crippen LogP) is 11.1. The summed E-state index contributed by atoms with van der Waals surface area (Å²) in [7, 11) is 0. The molecule has 2 heterocycles. The molecule has 0 saturated carbocycles. The van der Waals surface area contributed by atoms with Crippen LogP contribution in [0.1, 0.15) is 97.4 Å². The Morgan fingerprint density at radius 1 is 0.542 bits per heavy atom. The number of benzene rings is 5. The van der Waals surface area contributed by atoms with Gasteiger partial charge < -0.3 is 4.40 Å². The van der Waals surface area contributed by atoms with E-state index < -0.39 is 0 Å². The van der Waals surface area contributed by atoms with Gasteiger partial charge in [-0.3, -0.25) is 9.59 Å². The minimum atomic E-state index is -0.372. The van der Waals surface area contributed by atoms with E-state index in [9.17, 15) is 9.59 Å². The van der Waals surface area contributed by atoms with Gasteiger partial charge in [0.05, 0.1) is 16.6 Å². The lowest BCUT2D eigenvalue weighted by molar-refractivity contribution is 0.0805. The van der Waals surface area contributed by atoms with Gasteiger partial charge in [-0.15, -0.1) is 0 Å². The quantitative estimate of drug-likeness (QED) is 0.182. The van der Waals surface area contributed by atoms with E-state index >= 15 is 0 Å². The summed E-state index contributed by atoms with van der Waals surface area (Å²) in [6.07, 6.45) is 3.52. The number of ketones is 2. The van der Waals surface area contributed by atoms with E-state index in [1.165, 1.54) is 60.4 Å². The summed E-state index contributed by atoms with van der Waals surface area (Å²) in [5.41, 5.74) is 14.3. The van der Waals surface area contributed by atoms with Crippen molar-refractivity contribution in [1.82, 2.24) is 4.40 Å². The molecule has 0 radical (unpaired) electrons. The van der Waals surface area contributed by atoms with E-state index in [1.807, 2.05) is 0 Å². The molecule has 0 N–H and O–H groups in total. The van der Waals surface area contributed by atoms with Crippen molar-refractivity contribution in [1.29, 1.82) is 0 Å². The largest absolute Gasteiger partial charge is 0.308 e. The van der Waals surface area contributed by atoms with Gasteiger partial charge in [-0.05, 0) is 107 Å². The molecule has 0 spiro atoms. The van der Waals surface area contributed by atoms with Gasteiger partial charge in [-0.25, -0.2) is 0 Å². The smallest absolute Gasteiger partial charge is 0.168 e. The van der Waals surface area contributed by atoms with Crippen LogP contribution in [0.4, 0.5) is 0 Å². The van der Waals surface area contributed by atoms with Crippen molar-refractivity contribution in [3.63, 3.8) is 0 Å². The van der Waals surface area contributed by atoms with Crippen LogP contribution in [0.2, 0.25) is 0 Å².